The van der Waals surface area contributed by atoms with Gasteiger partial charge in [-0.25, -0.2) is 9.59 Å². The van der Waals surface area contributed by atoms with Crippen molar-refractivity contribution >= 4 is 29.3 Å². The number of urea groups is 2. The number of amides is 4. The van der Waals surface area contributed by atoms with Gasteiger partial charge in [-0.15, -0.1) is 0 Å². The van der Waals surface area contributed by atoms with Crippen LogP contribution >= 0.6 is 0 Å². The van der Waals surface area contributed by atoms with E-state index in [1.807, 2.05) is 42.5 Å². The Bertz CT molecular complexity index is 1240. The lowest BCUT2D eigenvalue weighted by atomic mass is 9.94. The van der Waals surface area contributed by atoms with Crippen molar-refractivity contribution in [1.82, 2.24) is 4.90 Å². The van der Waals surface area contributed by atoms with Gasteiger partial charge in [-0.1, -0.05) is 42.5 Å². The summed E-state index contributed by atoms with van der Waals surface area (Å²) in [5.41, 5.74) is 1.98. The standard InChI is InChI=1S/C24H19N5O3/c1-32-18-9-6-7-16(13-18)15-29-22(19-10-3-5-12-21(19)27-24(29)31)28-23(30)26-20-11-4-2-8-17(20)14-25/h2-13,19H,15H2,1H3,(H,26,30)/b28-22-. The van der Waals surface area contributed by atoms with Gasteiger partial charge in [0, 0.05) is 0 Å². The molecule has 158 valence electrons. The van der Waals surface area contributed by atoms with E-state index in [1.54, 1.807) is 43.5 Å². The maximum absolute atomic E-state index is 12.9. The van der Waals surface area contributed by atoms with Crippen molar-refractivity contribution in [3.63, 3.8) is 0 Å². The molecule has 0 saturated carbocycles. The molecule has 32 heavy (non-hydrogen) atoms. The van der Waals surface area contributed by atoms with E-state index >= 15 is 0 Å². The quantitative estimate of drug-likeness (QED) is 0.787. The van der Waals surface area contributed by atoms with Gasteiger partial charge in [0.2, 0.25) is 0 Å². The van der Waals surface area contributed by atoms with Gasteiger partial charge >= 0.3 is 12.1 Å². The number of nitrogens with zero attached hydrogens (tertiary/aromatic N) is 4. The minimum Gasteiger partial charge on any atom is -0.497 e. The number of fused-ring (bicyclic) bond motifs is 1. The van der Waals surface area contributed by atoms with Crippen molar-refractivity contribution in [2.75, 3.05) is 12.4 Å². The summed E-state index contributed by atoms with van der Waals surface area (Å²) in [6.07, 6.45) is 7.16. The summed E-state index contributed by atoms with van der Waals surface area (Å²) in [5, 5.41) is 11.9. The lowest BCUT2D eigenvalue weighted by Gasteiger charge is -2.31. The fourth-order valence-corrected chi connectivity index (χ4v) is 3.46. The van der Waals surface area contributed by atoms with Crippen molar-refractivity contribution < 1.29 is 14.3 Å². The Labute approximate surface area is 184 Å². The highest BCUT2D eigenvalue weighted by Gasteiger charge is 2.34. The highest BCUT2D eigenvalue weighted by atomic mass is 16.5. The van der Waals surface area contributed by atoms with E-state index in [2.05, 4.69) is 15.3 Å². The molecule has 1 aliphatic carbocycles. The molecule has 1 aliphatic heterocycles. The van der Waals surface area contributed by atoms with E-state index in [9.17, 15) is 14.9 Å². The summed E-state index contributed by atoms with van der Waals surface area (Å²) < 4.78 is 5.26. The molecule has 0 bridgehead atoms. The topological polar surface area (TPSA) is 107 Å². The molecule has 2 aromatic carbocycles. The number of nitriles is 1. The Balaban J connectivity index is 1.69. The van der Waals surface area contributed by atoms with Gasteiger partial charge in [0.05, 0.1) is 36.5 Å². The SMILES string of the molecule is COc1cccc(CN2C(=O)N=C3C=CC=CC3/C2=N/C(=O)Nc2ccccc2C#N)c1. The number of ether oxygens (including phenoxy) is 1. The molecule has 2 aromatic rings. The third-order valence-electron chi connectivity index (χ3n) is 4.99. The van der Waals surface area contributed by atoms with E-state index in [0.717, 1.165) is 5.56 Å². The zero-order valence-corrected chi connectivity index (χ0v) is 17.2. The number of rotatable bonds is 4. The summed E-state index contributed by atoms with van der Waals surface area (Å²) in [6.45, 7) is 0.168. The van der Waals surface area contributed by atoms with Crippen LogP contribution in [0.5, 0.6) is 5.75 Å². The summed E-state index contributed by atoms with van der Waals surface area (Å²) >= 11 is 0. The predicted octanol–water partition coefficient (Wildman–Crippen LogP) is 4.32. The van der Waals surface area contributed by atoms with Gasteiger partial charge in [0.15, 0.2) is 0 Å². The van der Waals surface area contributed by atoms with Gasteiger partial charge in [0.25, 0.3) is 0 Å². The van der Waals surface area contributed by atoms with E-state index in [1.165, 1.54) is 4.90 Å². The highest BCUT2D eigenvalue weighted by Crippen LogP contribution is 2.24. The monoisotopic (exact) mass is 425 g/mol. The van der Waals surface area contributed by atoms with Gasteiger partial charge in [0.1, 0.15) is 17.7 Å². The van der Waals surface area contributed by atoms with Gasteiger partial charge in [-0.3, -0.25) is 4.90 Å². The number of para-hydroxylation sites is 1. The number of allylic oxidation sites excluding steroid dienone is 3. The number of aliphatic imine (C=N–C) groups is 2. The predicted molar refractivity (Wildman–Crippen MR) is 121 cm³/mol. The minimum atomic E-state index is -0.685. The van der Waals surface area contributed by atoms with Gasteiger partial charge < -0.3 is 10.1 Å². The Morgan fingerprint density at radius 3 is 2.91 bits per heavy atom. The third kappa shape index (κ3) is 4.32. The molecule has 8 nitrogen and oxygen atoms in total. The van der Waals surface area contributed by atoms with Gasteiger partial charge in [-0.2, -0.15) is 15.2 Å². The second kappa shape index (κ2) is 9.10. The number of hydrogen-bond acceptors (Lipinski definition) is 4. The van der Waals surface area contributed by atoms with Crippen molar-refractivity contribution in [2.45, 2.75) is 6.54 Å². The molecule has 4 rings (SSSR count). The normalized spacial score (nSPS) is 18.1. The molecule has 0 radical (unpaired) electrons. The fraction of sp³-hybridized carbons (Fsp3) is 0.125. The average Bonchev–Trinajstić information content (AvgIpc) is 2.81. The molecular formula is C24H19N5O3. The molecule has 0 aromatic heterocycles. The number of nitrogens with one attached hydrogen (secondary N) is 1. The number of amidine groups is 1. The first-order chi connectivity index (χ1) is 15.6. The number of carbonyl (C=O) groups is 2. The maximum Gasteiger partial charge on any atom is 0.349 e. The number of anilines is 1. The summed E-state index contributed by atoms with van der Waals surface area (Å²) in [6, 6.07) is 14.8. The van der Waals surface area contributed by atoms with Gasteiger partial charge in [-0.05, 0) is 35.9 Å². The van der Waals surface area contributed by atoms with Crippen molar-refractivity contribution in [2.24, 2.45) is 15.9 Å². The Morgan fingerprint density at radius 1 is 1.25 bits per heavy atom. The second-order valence-corrected chi connectivity index (χ2v) is 7.04. The maximum atomic E-state index is 12.9. The van der Waals surface area contributed by atoms with Crippen LogP contribution in [0.15, 0.2) is 82.8 Å². The van der Waals surface area contributed by atoms with Crippen LogP contribution in [0.3, 0.4) is 0 Å². The first kappa shape index (κ1) is 20.8. The van der Waals surface area contributed by atoms with Crippen molar-refractivity contribution in [3.05, 3.63) is 84.0 Å². The molecule has 0 spiro atoms. The molecular weight excluding hydrogens is 406 g/mol. The van der Waals surface area contributed by atoms with E-state index in [-0.39, 0.29) is 12.4 Å². The molecule has 1 heterocycles. The van der Waals surface area contributed by atoms with E-state index in [0.29, 0.717) is 22.7 Å². The Kier molecular flexibility index (Phi) is 5.90. The Hall–Kier alpha value is -4.51. The largest absolute Gasteiger partial charge is 0.497 e. The molecule has 4 amide bonds. The van der Waals surface area contributed by atoms with Crippen LogP contribution in [0.2, 0.25) is 0 Å². The zero-order chi connectivity index (χ0) is 22.5. The summed E-state index contributed by atoms with van der Waals surface area (Å²) in [7, 11) is 1.57. The second-order valence-electron chi connectivity index (χ2n) is 7.04. The molecule has 1 atom stereocenters. The van der Waals surface area contributed by atoms with Crippen molar-refractivity contribution in [1.29, 1.82) is 5.26 Å². The molecule has 1 N–H and O–H groups in total. The lowest BCUT2D eigenvalue weighted by molar-refractivity contribution is 0.226. The molecule has 0 fully saturated rings. The summed E-state index contributed by atoms with van der Waals surface area (Å²) in [5.74, 6) is 0.469. The van der Waals surface area contributed by atoms with Crippen LogP contribution in [0, 0.1) is 17.2 Å². The van der Waals surface area contributed by atoms with Crippen LogP contribution in [0.4, 0.5) is 15.3 Å². The minimum absolute atomic E-state index is 0.168. The van der Waals surface area contributed by atoms with Crippen LogP contribution < -0.4 is 10.1 Å². The average molecular weight is 425 g/mol. The third-order valence-corrected chi connectivity index (χ3v) is 4.99. The number of hydrogen-bond donors (Lipinski definition) is 1. The van der Waals surface area contributed by atoms with Crippen LogP contribution in [-0.2, 0) is 6.54 Å². The fourth-order valence-electron chi connectivity index (χ4n) is 3.46. The number of carbonyl (C=O) groups excluding carboxylic acids is 2. The zero-order valence-electron chi connectivity index (χ0n) is 17.2. The molecule has 2 aliphatic rings. The lowest BCUT2D eigenvalue weighted by Crippen LogP contribution is -2.46. The van der Waals surface area contributed by atoms with Crippen LogP contribution in [0.25, 0.3) is 0 Å². The van der Waals surface area contributed by atoms with Crippen LogP contribution in [0.1, 0.15) is 11.1 Å². The first-order valence-electron chi connectivity index (χ1n) is 9.85. The van der Waals surface area contributed by atoms with E-state index < -0.39 is 18.0 Å². The molecule has 1 unspecified atom stereocenters. The smallest absolute Gasteiger partial charge is 0.349 e. The Morgan fingerprint density at radius 2 is 2.09 bits per heavy atom. The molecule has 0 saturated heterocycles. The highest BCUT2D eigenvalue weighted by molar-refractivity contribution is 6.24. The number of methoxy groups -OCH3 is 1. The van der Waals surface area contributed by atoms with E-state index in [4.69, 9.17) is 4.74 Å². The van der Waals surface area contributed by atoms with Crippen molar-refractivity contribution in [3.8, 4) is 11.8 Å². The number of benzene rings is 2. The molecule has 8 heteroatoms. The van der Waals surface area contributed by atoms with Crippen LogP contribution in [-0.4, -0.2) is 35.6 Å². The first-order valence-corrected chi connectivity index (χ1v) is 9.85. The summed E-state index contributed by atoms with van der Waals surface area (Å²) in [4.78, 5) is 35.4.